The van der Waals surface area contributed by atoms with Crippen LogP contribution in [0.1, 0.15) is 49.4 Å². The quantitative estimate of drug-likeness (QED) is 0.836. The molecule has 2 rings (SSSR count). The normalized spacial score (nSPS) is 17.8. The average Bonchev–Trinajstić information content (AvgIpc) is 2.37. The Morgan fingerprint density at radius 2 is 1.95 bits per heavy atom. The maximum atomic E-state index is 12.2. The summed E-state index contributed by atoms with van der Waals surface area (Å²) in [5, 5.41) is 2.78. The van der Waals surface area contributed by atoms with Crippen LogP contribution in [-0.4, -0.2) is 11.7 Å². The number of hydrogen-bond acceptors (Lipinski definition) is 2. The van der Waals surface area contributed by atoms with Gasteiger partial charge in [0.25, 0.3) is 0 Å². The number of hydrogen-bond donors (Lipinski definition) is 1. The number of para-hydroxylation sites is 1. The fourth-order valence-corrected chi connectivity index (χ4v) is 2.30. The minimum Gasteiger partial charge on any atom is -0.322 e. The Bertz CT molecular complexity index is 517. The first-order valence-electron chi connectivity index (χ1n) is 6.83. The third-order valence-corrected chi connectivity index (χ3v) is 3.31. The van der Waals surface area contributed by atoms with Gasteiger partial charge in [0, 0.05) is 18.1 Å². The van der Waals surface area contributed by atoms with Crippen molar-refractivity contribution in [1.29, 1.82) is 0 Å². The van der Waals surface area contributed by atoms with Crippen molar-refractivity contribution in [3.05, 3.63) is 41.5 Å². The summed E-state index contributed by atoms with van der Waals surface area (Å²) in [5.74, 6) is -0.0511. The maximum absolute atomic E-state index is 12.2. The number of Topliss-reactive ketones (excluding diaryl/α,β-unsaturated/α-hetero) is 1. The van der Waals surface area contributed by atoms with E-state index in [0.29, 0.717) is 17.7 Å². The number of benzene rings is 1. The second kappa shape index (κ2) is 6.32. The molecule has 0 radical (unpaired) electrons. The Balaban J connectivity index is 2.18. The van der Waals surface area contributed by atoms with E-state index in [9.17, 15) is 9.59 Å². The van der Waals surface area contributed by atoms with Gasteiger partial charge in [0.05, 0.1) is 5.69 Å². The van der Waals surface area contributed by atoms with Crippen molar-refractivity contribution in [3.63, 3.8) is 0 Å². The molecule has 0 aromatic heterocycles. The van der Waals surface area contributed by atoms with Gasteiger partial charge in [0.2, 0.25) is 5.91 Å². The summed E-state index contributed by atoms with van der Waals surface area (Å²) in [7, 11) is 0. The highest BCUT2D eigenvalue weighted by molar-refractivity contribution is 6.10. The summed E-state index contributed by atoms with van der Waals surface area (Å²) in [4.78, 5) is 24.1. The number of rotatable bonds is 4. The number of ketones is 1. The van der Waals surface area contributed by atoms with E-state index < -0.39 is 0 Å². The van der Waals surface area contributed by atoms with Gasteiger partial charge in [-0.1, -0.05) is 37.5 Å². The Labute approximate surface area is 113 Å². The van der Waals surface area contributed by atoms with E-state index in [0.717, 1.165) is 31.3 Å². The lowest BCUT2D eigenvalue weighted by Gasteiger charge is -2.14. The molecule has 19 heavy (non-hydrogen) atoms. The van der Waals surface area contributed by atoms with E-state index in [1.54, 1.807) is 18.2 Å². The maximum Gasteiger partial charge on any atom is 0.248 e. The van der Waals surface area contributed by atoms with Crippen LogP contribution in [0.2, 0.25) is 0 Å². The molecule has 0 bridgehead atoms. The van der Waals surface area contributed by atoms with E-state index >= 15 is 0 Å². The van der Waals surface area contributed by atoms with E-state index in [-0.39, 0.29) is 11.7 Å². The van der Waals surface area contributed by atoms with Gasteiger partial charge in [-0.15, -0.1) is 0 Å². The molecule has 1 heterocycles. The molecule has 1 amide bonds. The largest absolute Gasteiger partial charge is 0.322 e. The molecule has 3 heteroatoms. The highest BCUT2D eigenvalue weighted by Gasteiger charge is 2.17. The first-order chi connectivity index (χ1) is 9.20. The lowest BCUT2D eigenvalue weighted by Crippen LogP contribution is -2.16. The van der Waals surface area contributed by atoms with Crippen molar-refractivity contribution in [2.75, 3.05) is 5.32 Å². The minimum atomic E-state index is -0.133. The van der Waals surface area contributed by atoms with Gasteiger partial charge in [-0.25, -0.2) is 0 Å². The van der Waals surface area contributed by atoms with Gasteiger partial charge in [-0.2, -0.15) is 0 Å². The fraction of sp³-hybridized carbons (Fsp3) is 0.375. The lowest BCUT2D eigenvalue weighted by atomic mass is 9.96. The molecular weight excluding hydrogens is 238 g/mol. The molecule has 1 aliphatic heterocycles. The summed E-state index contributed by atoms with van der Waals surface area (Å²) in [6.45, 7) is 2.14. The van der Waals surface area contributed by atoms with Crippen LogP contribution in [0.25, 0.3) is 0 Å². The molecule has 1 N–H and O–H groups in total. The average molecular weight is 257 g/mol. The molecule has 1 aromatic carbocycles. The zero-order valence-electron chi connectivity index (χ0n) is 11.2. The fourth-order valence-electron chi connectivity index (χ4n) is 2.30. The van der Waals surface area contributed by atoms with Crippen LogP contribution in [-0.2, 0) is 4.79 Å². The van der Waals surface area contributed by atoms with Gasteiger partial charge in [0.1, 0.15) is 0 Å². The Morgan fingerprint density at radius 1 is 1.16 bits per heavy atom. The van der Waals surface area contributed by atoms with E-state index in [1.807, 2.05) is 12.1 Å². The number of amides is 1. The molecule has 0 saturated carbocycles. The summed E-state index contributed by atoms with van der Waals surface area (Å²) in [6.07, 6.45) is 6.07. The molecular formula is C16H19NO2. The van der Waals surface area contributed by atoms with Crippen LogP contribution in [0.5, 0.6) is 0 Å². The molecule has 1 aromatic rings. The number of nitrogens with one attached hydrogen (secondary N) is 1. The van der Waals surface area contributed by atoms with Crippen LogP contribution in [0.15, 0.2) is 35.9 Å². The van der Waals surface area contributed by atoms with Crippen molar-refractivity contribution in [3.8, 4) is 0 Å². The zero-order chi connectivity index (χ0) is 13.7. The Hall–Kier alpha value is -1.90. The number of fused-ring (bicyclic) bond motifs is 1. The third-order valence-electron chi connectivity index (χ3n) is 3.31. The third kappa shape index (κ3) is 3.53. The predicted molar refractivity (Wildman–Crippen MR) is 76.2 cm³/mol. The van der Waals surface area contributed by atoms with Crippen molar-refractivity contribution in [1.82, 2.24) is 0 Å². The van der Waals surface area contributed by atoms with Gasteiger partial charge in [-0.05, 0) is 25.0 Å². The molecule has 0 saturated heterocycles. The van der Waals surface area contributed by atoms with E-state index in [1.165, 1.54) is 0 Å². The smallest absolute Gasteiger partial charge is 0.248 e. The highest BCUT2D eigenvalue weighted by atomic mass is 16.1. The summed E-state index contributed by atoms with van der Waals surface area (Å²) in [6, 6.07) is 7.18. The molecule has 0 aliphatic carbocycles. The lowest BCUT2D eigenvalue weighted by molar-refractivity contribution is -0.112. The number of allylic oxidation sites excluding steroid dienone is 1. The Morgan fingerprint density at radius 3 is 2.74 bits per heavy atom. The van der Waals surface area contributed by atoms with Crippen molar-refractivity contribution < 1.29 is 9.59 Å². The predicted octanol–water partition coefficient (Wildman–Crippen LogP) is 3.72. The van der Waals surface area contributed by atoms with Crippen molar-refractivity contribution >= 4 is 17.4 Å². The standard InChI is InChI=1S/C16H19NO2/c1-2-3-4-7-12-10-15(18)13-8-5-6-9-14(13)17-16(19)11-12/h5-6,8-9,11H,2-4,7,10H2,1H3,(H,17,19)/b12-11-. The van der Waals surface area contributed by atoms with E-state index in [2.05, 4.69) is 12.2 Å². The van der Waals surface area contributed by atoms with Crippen LogP contribution in [0, 0.1) is 0 Å². The SMILES string of the molecule is CCCCC/C1=C/C(=O)Nc2ccccc2C(=O)C1. The van der Waals surface area contributed by atoms with Gasteiger partial charge >= 0.3 is 0 Å². The molecule has 0 unspecified atom stereocenters. The molecule has 0 atom stereocenters. The molecule has 3 nitrogen and oxygen atoms in total. The molecule has 0 spiro atoms. The summed E-state index contributed by atoms with van der Waals surface area (Å²) >= 11 is 0. The first-order valence-corrected chi connectivity index (χ1v) is 6.83. The second-order valence-electron chi connectivity index (χ2n) is 4.89. The number of unbranched alkanes of at least 4 members (excludes halogenated alkanes) is 2. The van der Waals surface area contributed by atoms with Crippen molar-refractivity contribution in [2.24, 2.45) is 0 Å². The minimum absolute atomic E-state index is 0.0818. The van der Waals surface area contributed by atoms with Crippen molar-refractivity contribution in [2.45, 2.75) is 39.0 Å². The number of anilines is 1. The Kier molecular flexibility index (Phi) is 4.50. The van der Waals surface area contributed by atoms with Gasteiger partial charge in [-0.3, -0.25) is 9.59 Å². The summed E-state index contributed by atoms with van der Waals surface area (Å²) in [5.41, 5.74) is 2.16. The number of carbonyl (C=O) groups excluding carboxylic acids is 2. The topological polar surface area (TPSA) is 46.2 Å². The highest BCUT2D eigenvalue weighted by Crippen LogP contribution is 2.23. The first kappa shape index (κ1) is 13.5. The van der Waals surface area contributed by atoms with Crippen LogP contribution < -0.4 is 5.32 Å². The van der Waals surface area contributed by atoms with Crippen LogP contribution in [0.3, 0.4) is 0 Å². The van der Waals surface area contributed by atoms with Gasteiger partial charge in [0.15, 0.2) is 5.78 Å². The zero-order valence-corrected chi connectivity index (χ0v) is 11.2. The molecule has 100 valence electrons. The number of carbonyl (C=O) groups is 2. The summed E-state index contributed by atoms with van der Waals surface area (Å²) < 4.78 is 0. The monoisotopic (exact) mass is 257 g/mol. The van der Waals surface area contributed by atoms with Crippen LogP contribution in [0.4, 0.5) is 5.69 Å². The molecule has 0 fully saturated rings. The van der Waals surface area contributed by atoms with Crippen LogP contribution >= 0.6 is 0 Å². The molecule has 1 aliphatic rings. The van der Waals surface area contributed by atoms with E-state index in [4.69, 9.17) is 0 Å². The van der Waals surface area contributed by atoms with Gasteiger partial charge < -0.3 is 5.32 Å². The second-order valence-corrected chi connectivity index (χ2v) is 4.89.